The lowest BCUT2D eigenvalue weighted by Gasteiger charge is -2.15. The molecule has 0 bridgehead atoms. The number of aryl methyl sites for hydroxylation is 1. The molecule has 0 fully saturated rings. The van der Waals surface area contributed by atoms with Crippen LogP contribution in [-0.4, -0.2) is 23.2 Å². The number of thiazole rings is 1. The van der Waals surface area contributed by atoms with E-state index in [1.165, 1.54) is 28.4 Å². The van der Waals surface area contributed by atoms with Crippen LogP contribution in [-0.2, 0) is 19.4 Å². The average Bonchev–Trinajstić information content (AvgIpc) is 2.60. The molecule has 1 atom stereocenters. The van der Waals surface area contributed by atoms with Gasteiger partial charge in [-0.05, 0) is 25.2 Å². The van der Waals surface area contributed by atoms with Gasteiger partial charge in [0.2, 0.25) is 0 Å². The highest BCUT2D eigenvalue weighted by molar-refractivity contribution is 7.11. The third-order valence-electron chi connectivity index (χ3n) is 2.80. The lowest BCUT2D eigenvalue weighted by atomic mass is 9.93. The summed E-state index contributed by atoms with van der Waals surface area (Å²) in [4.78, 5) is 6.11. The van der Waals surface area contributed by atoms with Gasteiger partial charge in [-0.3, -0.25) is 0 Å². The molecule has 1 aliphatic rings. The number of fused-ring (bicyclic) bond motifs is 1. The van der Waals surface area contributed by atoms with E-state index in [2.05, 4.69) is 17.2 Å². The van der Waals surface area contributed by atoms with Crippen molar-refractivity contribution in [3.05, 3.63) is 15.6 Å². The normalized spacial score (nSPS) is 20.3. The van der Waals surface area contributed by atoms with Gasteiger partial charge in [0.15, 0.2) is 0 Å². The van der Waals surface area contributed by atoms with Crippen molar-refractivity contribution >= 4 is 11.3 Å². The fraction of sp³-hybridized carbons (Fsp3) is 0.727. The molecule has 1 heterocycles. The fourth-order valence-electron chi connectivity index (χ4n) is 1.94. The van der Waals surface area contributed by atoms with Gasteiger partial charge in [0, 0.05) is 18.0 Å². The summed E-state index contributed by atoms with van der Waals surface area (Å²) in [6, 6.07) is 0. The Morgan fingerprint density at radius 3 is 3.27 bits per heavy atom. The average molecular weight is 226 g/mol. The van der Waals surface area contributed by atoms with Crippen molar-refractivity contribution in [3.63, 3.8) is 0 Å². The van der Waals surface area contributed by atoms with E-state index in [0.717, 1.165) is 18.9 Å². The zero-order chi connectivity index (χ0) is 10.7. The molecule has 1 unspecified atom stereocenters. The first-order chi connectivity index (χ1) is 7.29. The Kier molecular flexibility index (Phi) is 3.72. The van der Waals surface area contributed by atoms with Gasteiger partial charge in [0.05, 0.1) is 12.3 Å². The van der Waals surface area contributed by atoms with Crippen LogP contribution >= 0.6 is 11.3 Å². The summed E-state index contributed by atoms with van der Waals surface area (Å²) in [5.41, 5.74) is 1.32. The minimum Gasteiger partial charge on any atom is -0.395 e. The van der Waals surface area contributed by atoms with E-state index in [9.17, 15) is 0 Å². The van der Waals surface area contributed by atoms with Crippen LogP contribution in [0.1, 0.15) is 28.9 Å². The van der Waals surface area contributed by atoms with Crippen LogP contribution in [0.25, 0.3) is 0 Å². The quantitative estimate of drug-likeness (QED) is 0.762. The number of aromatic nitrogens is 1. The van der Waals surface area contributed by atoms with Gasteiger partial charge in [-0.1, -0.05) is 6.92 Å². The van der Waals surface area contributed by atoms with Crippen LogP contribution in [0.5, 0.6) is 0 Å². The van der Waals surface area contributed by atoms with E-state index in [1.54, 1.807) is 0 Å². The summed E-state index contributed by atoms with van der Waals surface area (Å²) in [6.07, 6.45) is 3.63. The molecule has 2 N–H and O–H groups in total. The molecule has 0 saturated heterocycles. The van der Waals surface area contributed by atoms with Crippen molar-refractivity contribution < 1.29 is 5.11 Å². The molecule has 0 saturated carbocycles. The maximum atomic E-state index is 8.66. The van der Waals surface area contributed by atoms with E-state index in [1.807, 2.05) is 11.3 Å². The second-order valence-corrected chi connectivity index (χ2v) is 5.39. The molecule has 1 aromatic heterocycles. The molecule has 1 aromatic rings. The second kappa shape index (κ2) is 5.05. The smallest absolute Gasteiger partial charge is 0.107 e. The maximum Gasteiger partial charge on any atom is 0.107 e. The zero-order valence-corrected chi connectivity index (χ0v) is 9.94. The lowest BCUT2D eigenvalue weighted by Crippen LogP contribution is -2.17. The van der Waals surface area contributed by atoms with Gasteiger partial charge in [-0.15, -0.1) is 11.3 Å². The molecule has 0 aromatic carbocycles. The number of aliphatic hydroxyl groups excluding tert-OH is 1. The number of rotatable bonds is 4. The summed E-state index contributed by atoms with van der Waals surface area (Å²) in [6.45, 7) is 3.96. The minimum atomic E-state index is 0.197. The van der Waals surface area contributed by atoms with Gasteiger partial charge in [0.25, 0.3) is 0 Å². The van der Waals surface area contributed by atoms with Crippen LogP contribution in [0.3, 0.4) is 0 Å². The highest BCUT2D eigenvalue weighted by Crippen LogP contribution is 2.29. The fourth-order valence-corrected chi connectivity index (χ4v) is 3.19. The maximum absolute atomic E-state index is 8.66. The van der Waals surface area contributed by atoms with Crippen LogP contribution in [0.4, 0.5) is 0 Å². The highest BCUT2D eigenvalue weighted by Gasteiger charge is 2.19. The molecule has 4 heteroatoms. The summed E-state index contributed by atoms with van der Waals surface area (Å²) >= 11 is 1.83. The van der Waals surface area contributed by atoms with E-state index in [0.29, 0.717) is 6.54 Å². The minimum absolute atomic E-state index is 0.197. The summed E-state index contributed by atoms with van der Waals surface area (Å²) in [5, 5.41) is 13.0. The largest absolute Gasteiger partial charge is 0.395 e. The predicted molar refractivity (Wildman–Crippen MR) is 62.1 cm³/mol. The van der Waals surface area contributed by atoms with Crippen molar-refractivity contribution in [1.29, 1.82) is 0 Å². The first-order valence-corrected chi connectivity index (χ1v) is 6.40. The van der Waals surface area contributed by atoms with Gasteiger partial charge >= 0.3 is 0 Å². The Bertz CT molecular complexity index is 324. The third kappa shape index (κ3) is 2.77. The Balaban J connectivity index is 1.96. The molecule has 3 nitrogen and oxygen atoms in total. The number of aliphatic hydroxyl groups is 1. The molecular weight excluding hydrogens is 208 g/mol. The molecule has 84 valence electrons. The summed E-state index contributed by atoms with van der Waals surface area (Å²) in [7, 11) is 0. The van der Waals surface area contributed by atoms with Gasteiger partial charge in [0.1, 0.15) is 5.01 Å². The molecule has 0 aliphatic heterocycles. The van der Waals surface area contributed by atoms with E-state index in [4.69, 9.17) is 5.11 Å². The molecule has 1 aliphatic carbocycles. The van der Waals surface area contributed by atoms with Gasteiger partial charge in [-0.25, -0.2) is 4.98 Å². The van der Waals surface area contributed by atoms with E-state index in [-0.39, 0.29) is 6.61 Å². The molecular formula is C11H18N2OS. The standard InChI is InChI=1S/C11H18N2OS/c1-8-2-3-9-10(6-8)15-11(13-9)7-12-4-5-14/h8,12,14H,2-7H2,1H3. The molecule has 0 radical (unpaired) electrons. The SMILES string of the molecule is CC1CCc2nc(CNCCO)sc2C1. The van der Waals surface area contributed by atoms with Crippen molar-refractivity contribution in [1.82, 2.24) is 10.3 Å². The molecule has 0 spiro atoms. The van der Waals surface area contributed by atoms with E-state index >= 15 is 0 Å². The predicted octanol–water partition coefficient (Wildman–Crippen LogP) is 1.35. The van der Waals surface area contributed by atoms with Crippen LogP contribution in [0, 0.1) is 5.92 Å². The van der Waals surface area contributed by atoms with Crippen LogP contribution in [0.15, 0.2) is 0 Å². The highest BCUT2D eigenvalue weighted by atomic mass is 32.1. The topological polar surface area (TPSA) is 45.2 Å². The van der Waals surface area contributed by atoms with Gasteiger partial charge in [-0.2, -0.15) is 0 Å². The van der Waals surface area contributed by atoms with Crippen molar-refractivity contribution in [2.24, 2.45) is 5.92 Å². The lowest BCUT2D eigenvalue weighted by molar-refractivity contribution is 0.292. The van der Waals surface area contributed by atoms with Crippen molar-refractivity contribution in [2.45, 2.75) is 32.7 Å². The Labute approximate surface area is 94.5 Å². The van der Waals surface area contributed by atoms with Crippen molar-refractivity contribution in [2.75, 3.05) is 13.2 Å². The zero-order valence-electron chi connectivity index (χ0n) is 9.12. The number of hydrogen-bond acceptors (Lipinski definition) is 4. The van der Waals surface area contributed by atoms with Gasteiger partial charge < -0.3 is 10.4 Å². The number of hydrogen-bond donors (Lipinski definition) is 2. The first kappa shape index (κ1) is 11.0. The van der Waals surface area contributed by atoms with Crippen LogP contribution in [0.2, 0.25) is 0 Å². The molecule has 0 amide bonds. The summed E-state index contributed by atoms with van der Waals surface area (Å²) < 4.78 is 0. The summed E-state index contributed by atoms with van der Waals surface area (Å²) in [5.74, 6) is 0.816. The molecule has 15 heavy (non-hydrogen) atoms. The monoisotopic (exact) mass is 226 g/mol. The number of nitrogens with one attached hydrogen (secondary N) is 1. The number of nitrogens with zero attached hydrogens (tertiary/aromatic N) is 1. The van der Waals surface area contributed by atoms with Crippen molar-refractivity contribution in [3.8, 4) is 0 Å². The second-order valence-electron chi connectivity index (χ2n) is 4.23. The first-order valence-electron chi connectivity index (χ1n) is 5.58. The Hall–Kier alpha value is -0.450. The van der Waals surface area contributed by atoms with Crippen LogP contribution < -0.4 is 5.32 Å². The Morgan fingerprint density at radius 2 is 2.47 bits per heavy atom. The Morgan fingerprint density at radius 1 is 1.60 bits per heavy atom. The molecule has 2 rings (SSSR count). The van der Waals surface area contributed by atoms with E-state index < -0.39 is 0 Å². The third-order valence-corrected chi connectivity index (χ3v) is 3.92.